The normalized spacial score (nSPS) is 12.0. The quantitative estimate of drug-likeness (QED) is 0.106. The van der Waals surface area contributed by atoms with Crippen molar-refractivity contribution in [3.8, 4) is 12.1 Å². The van der Waals surface area contributed by atoms with Crippen molar-refractivity contribution < 1.29 is 19.1 Å². The molecule has 0 heterocycles. The van der Waals surface area contributed by atoms with Crippen molar-refractivity contribution in [1.82, 2.24) is 0 Å². The first-order chi connectivity index (χ1) is 21.9. The first-order valence-corrected chi connectivity index (χ1v) is 15.2. The highest BCUT2D eigenvalue weighted by molar-refractivity contribution is 5.98. The van der Waals surface area contributed by atoms with E-state index < -0.39 is 17.9 Å². The minimum absolute atomic E-state index is 0.130. The molecule has 232 valence electrons. The second kappa shape index (κ2) is 17.7. The van der Waals surface area contributed by atoms with E-state index in [1.54, 1.807) is 0 Å². The Morgan fingerprint density at radius 2 is 1.02 bits per heavy atom. The SMILES string of the molecule is CCN(CC)c1ccc(C=C(C#N)C(=O)OCC(COC(=O)C(C#N)=Cc2ccc(N(CC)CC)cc2)c2ccccc2)cc1. The first-order valence-electron chi connectivity index (χ1n) is 15.2. The third kappa shape index (κ3) is 9.84. The van der Waals surface area contributed by atoms with Crippen LogP contribution in [0.1, 0.15) is 50.3 Å². The molecule has 0 bridgehead atoms. The van der Waals surface area contributed by atoms with Gasteiger partial charge in [0.05, 0.1) is 5.92 Å². The maximum Gasteiger partial charge on any atom is 0.348 e. The van der Waals surface area contributed by atoms with Gasteiger partial charge in [-0.25, -0.2) is 9.59 Å². The average molecular weight is 605 g/mol. The Labute approximate surface area is 266 Å². The van der Waals surface area contributed by atoms with Crippen molar-refractivity contribution in [3.63, 3.8) is 0 Å². The molecule has 0 amide bonds. The zero-order valence-corrected chi connectivity index (χ0v) is 26.4. The summed E-state index contributed by atoms with van der Waals surface area (Å²) in [6.07, 6.45) is 2.98. The van der Waals surface area contributed by atoms with Crippen LogP contribution in [0.15, 0.2) is 90.0 Å². The number of anilines is 2. The Kier molecular flexibility index (Phi) is 13.4. The van der Waals surface area contributed by atoms with Gasteiger partial charge in [-0.2, -0.15) is 10.5 Å². The molecule has 0 N–H and O–H groups in total. The molecule has 3 rings (SSSR count). The van der Waals surface area contributed by atoms with Crippen LogP contribution in [-0.2, 0) is 19.1 Å². The summed E-state index contributed by atoms with van der Waals surface area (Å²) in [6.45, 7) is 11.6. The molecule has 0 aromatic heterocycles. The second-order valence-electron chi connectivity index (χ2n) is 10.2. The Hall–Kier alpha value is -5.34. The van der Waals surface area contributed by atoms with E-state index in [-0.39, 0.29) is 24.4 Å². The maximum atomic E-state index is 12.9. The smallest absolute Gasteiger partial charge is 0.348 e. The lowest BCUT2D eigenvalue weighted by Crippen LogP contribution is -2.21. The molecule has 0 atom stereocenters. The number of nitrogens with zero attached hydrogens (tertiary/aromatic N) is 4. The van der Waals surface area contributed by atoms with Gasteiger partial charge in [0.1, 0.15) is 36.5 Å². The summed E-state index contributed by atoms with van der Waals surface area (Å²) in [7, 11) is 0. The summed E-state index contributed by atoms with van der Waals surface area (Å²) >= 11 is 0. The predicted molar refractivity (Wildman–Crippen MR) is 178 cm³/mol. The summed E-state index contributed by atoms with van der Waals surface area (Å²) < 4.78 is 11.1. The fourth-order valence-corrected chi connectivity index (χ4v) is 4.82. The van der Waals surface area contributed by atoms with Crippen molar-refractivity contribution in [3.05, 3.63) is 107 Å². The van der Waals surface area contributed by atoms with Gasteiger partial charge in [0, 0.05) is 37.6 Å². The molecule has 0 spiro atoms. The minimum atomic E-state index is -0.775. The molecule has 0 fully saturated rings. The number of carbonyl (C=O) groups is 2. The lowest BCUT2D eigenvalue weighted by Gasteiger charge is -2.20. The van der Waals surface area contributed by atoms with Crippen molar-refractivity contribution in [2.75, 3.05) is 49.2 Å². The number of ether oxygens (including phenoxy) is 2. The second-order valence-corrected chi connectivity index (χ2v) is 10.2. The van der Waals surface area contributed by atoms with Gasteiger partial charge in [-0.15, -0.1) is 0 Å². The lowest BCUT2D eigenvalue weighted by atomic mass is 10.0. The Bertz CT molecular complexity index is 1440. The molecule has 0 unspecified atom stereocenters. The van der Waals surface area contributed by atoms with Crippen molar-refractivity contribution >= 4 is 35.5 Å². The van der Waals surface area contributed by atoms with Crippen LogP contribution < -0.4 is 9.80 Å². The van der Waals surface area contributed by atoms with E-state index in [4.69, 9.17) is 9.47 Å². The standard InChI is InChI=1S/C37H40N4O4/c1-5-40(6-2)34-18-14-28(15-19-34)22-31(24-38)36(42)44-26-33(30-12-10-9-11-13-30)27-45-37(43)32(25-39)23-29-16-20-35(21-17-29)41(7-3)8-4/h9-23,33H,5-8,26-27H2,1-4H3. The third-order valence-electron chi connectivity index (χ3n) is 7.45. The van der Waals surface area contributed by atoms with Crippen LogP contribution in [0.2, 0.25) is 0 Å². The number of hydrogen-bond donors (Lipinski definition) is 0. The predicted octanol–water partition coefficient (Wildman–Crippen LogP) is 6.76. The van der Waals surface area contributed by atoms with E-state index >= 15 is 0 Å². The van der Waals surface area contributed by atoms with Crippen LogP contribution in [0.5, 0.6) is 0 Å². The molecule has 8 nitrogen and oxygen atoms in total. The van der Waals surface area contributed by atoms with Gasteiger partial charge in [-0.3, -0.25) is 0 Å². The monoisotopic (exact) mass is 604 g/mol. The molecule has 3 aromatic carbocycles. The fourth-order valence-electron chi connectivity index (χ4n) is 4.82. The van der Waals surface area contributed by atoms with Crippen LogP contribution in [0, 0.1) is 22.7 Å². The molecule has 3 aromatic rings. The summed E-state index contributed by atoms with van der Waals surface area (Å²) in [5.41, 5.74) is 4.01. The average Bonchev–Trinajstić information content (AvgIpc) is 3.08. The van der Waals surface area contributed by atoms with E-state index in [0.29, 0.717) is 11.1 Å². The highest BCUT2D eigenvalue weighted by atomic mass is 16.5. The molecule has 45 heavy (non-hydrogen) atoms. The summed E-state index contributed by atoms with van der Waals surface area (Å²) in [5, 5.41) is 19.4. The summed E-state index contributed by atoms with van der Waals surface area (Å²) in [4.78, 5) is 30.2. The third-order valence-corrected chi connectivity index (χ3v) is 7.45. The van der Waals surface area contributed by atoms with Crippen molar-refractivity contribution in [2.24, 2.45) is 0 Å². The largest absolute Gasteiger partial charge is 0.461 e. The number of nitriles is 2. The van der Waals surface area contributed by atoms with E-state index in [2.05, 4.69) is 37.5 Å². The Morgan fingerprint density at radius 1 is 0.644 bits per heavy atom. The number of hydrogen-bond acceptors (Lipinski definition) is 8. The highest BCUT2D eigenvalue weighted by Gasteiger charge is 2.20. The summed E-state index contributed by atoms with van der Waals surface area (Å²) in [5.74, 6) is -2.06. The van der Waals surface area contributed by atoms with E-state index in [1.165, 1.54) is 12.2 Å². The molecule has 0 aliphatic rings. The number of rotatable bonds is 15. The number of benzene rings is 3. The van der Waals surface area contributed by atoms with Gasteiger partial charge in [0.15, 0.2) is 0 Å². The number of esters is 2. The molecule has 0 saturated carbocycles. The van der Waals surface area contributed by atoms with E-state index in [0.717, 1.165) is 43.1 Å². The number of carbonyl (C=O) groups excluding carboxylic acids is 2. The summed E-state index contributed by atoms with van der Waals surface area (Å²) in [6, 6.07) is 28.2. The first kappa shape index (κ1) is 34.2. The van der Waals surface area contributed by atoms with Gasteiger partial charge in [-0.1, -0.05) is 54.6 Å². The fraction of sp³-hybridized carbons (Fsp3) is 0.297. The van der Waals surface area contributed by atoms with Gasteiger partial charge in [0.2, 0.25) is 0 Å². The Balaban J connectivity index is 1.69. The molecular weight excluding hydrogens is 564 g/mol. The zero-order valence-electron chi connectivity index (χ0n) is 26.4. The van der Waals surface area contributed by atoms with E-state index in [9.17, 15) is 20.1 Å². The molecule has 0 aliphatic heterocycles. The van der Waals surface area contributed by atoms with Crippen LogP contribution in [0.3, 0.4) is 0 Å². The van der Waals surface area contributed by atoms with Gasteiger partial charge >= 0.3 is 11.9 Å². The van der Waals surface area contributed by atoms with Gasteiger partial charge in [-0.05, 0) is 80.8 Å². The van der Waals surface area contributed by atoms with Gasteiger partial charge < -0.3 is 19.3 Å². The molecule has 0 radical (unpaired) electrons. The van der Waals surface area contributed by atoms with E-state index in [1.807, 2.05) is 91.0 Å². The zero-order chi connectivity index (χ0) is 32.6. The topological polar surface area (TPSA) is 107 Å². The van der Waals surface area contributed by atoms with Crippen LogP contribution in [0.25, 0.3) is 12.2 Å². The molecular formula is C37H40N4O4. The molecule has 0 saturated heterocycles. The Morgan fingerprint density at radius 3 is 1.36 bits per heavy atom. The van der Waals surface area contributed by atoms with Crippen molar-refractivity contribution in [2.45, 2.75) is 33.6 Å². The minimum Gasteiger partial charge on any atom is -0.461 e. The lowest BCUT2D eigenvalue weighted by molar-refractivity contribution is -0.141. The maximum absolute atomic E-state index is 12.9. The highest BCUT2D eigenvalue weighted by Crippen LogP contribution is 2.21. The van der Waals surface area contributed by atoms with Crippen LogP contribution in [0.4, 0.5) is 11.4 Å². The van der Waals surface area contributed by atoms with Gasteiger partial charge in [0.25, 0.3) is 0 Å². The molecule has 8 heteroatoms. The van der Waals surface area contributed by atoms with Crippen LogP contribution in [-0.4, -0.2) is 51.3 Å². The van der Waals surface area contributed by atoms with Crippen LogP contribution >= 0.6 is 0 Å². The van der Waals surface area contributed by atoms with Crippen molar-refractivity contribution in [1.29, 1.82) is 10.5 Å². The molecule has 0 aliphatic carbocycles.